The van der Waals surface area contributed by atoms with Crippen molar-refractivity contribution in [3.63, 3.8) is 0 Å². The summed E-state index contributed by atoms with van der Waals surface area (Å²) >= 11 is 4.20. The quantitative estimate of drug-likeness (QED) is 0.782. The molecule has 0 atom stereocenters. The molecule has 1 fully saturated rings. The minimum Gasteiger partial charge on any atom is -0.302 e. The summed E-state index contributed by atoms with van der Waals surface area (Å²) in [7, 11) is 0. The molecule has 94 valence electrons. The highest BCUT2D eigenvalue weighted by Gasteiger charge is 2.37. The average Bonchev–Trinajstić information content (AvgIpc) is 2.83. The molecule has 2 aromatic rings. The topological polar surface area (TPSA) is 12.0 Å². The molecule has 1 saturated carbocycles. The molecule has 1 aliphatic rings. The normalized spacial score (nSPS) is 17.4. The molecule has 1 heterocycles. The molecule has 1 aromatic heterocycles. The van der Waals surface area contributed by atoms with Gasteiger partial charge >= 0.3 is 0 Å². The Morgan fingerprint density at radius 1 is 1.17 bits per heavy atom. The minimum atomic E-state index is 0.230. The van der Waals surface area contributed by atoms with Gasteiger partial charge in [-0.05, 0) is 71.0 Å². The van der Waals surface area contributed by atoms with Crippen LogP contribution in [-0.2, 0) is 12.1 Å². The number of hydrogen-bond donors (Lipinski definition) is 1. The van der Waals surface area contributed by atoms with Crippen molar-refractivity contribution in [3.05, 3.63) is 55.8 Å². The van der Waals surface area contributed by atoms with E-state index in [9.17, 15) is 0 Å². The van der Waals surface area contributed by atoms with Crippen LogP contribution in [0.1, 0.15) is 29.7 Å². The van der Waals surface area contributed by atoms with Gasteiger partial charge in [-0.15, -0.1) is 11.3 Å². The van der Waals surface area contributed by atoms with Crippen molar-refractivity contribution in [2.24, 2.45) is 0 Å². The Bertz CT molecular complexity index is 500. The Balaban J connectivity index is 1.75. The van der Waals surface area contributed by atoms with Crippen molar-refractivity contribution in [2.75, 3.05) is 0 Å². The highest BCUT2D eigenvalue weighted by Crippen LogP contribution is 2.41. The van der Waals surface area contributed by atoms with Crippen LogP contribution in [0.15, 0.2) is 41.8 Å². The summed E-state index contributed by atoms with van der Waals surface area (Å²) in [5.74, 6) is 0. The van der Waals surface area contributed by atoms with E-state index in [0.717, 1.165) is 6.54 Å². The van der Waals surface area contributed by atoms with Gasteiger partial charge in [-0.2, -0.15) is 0 Å². The van der Waals surface area contributed by atoms with Crippen LogP contribution in [-0.4, -0.2) is 0 Å². The Morgan fingerprint density at radius 2 is 1.94 bits per heavy atom. The predicted molar refractivity (Wildman–Crippen MR) is 85.8 cm³/mol. The summed E-state index contributed by atoms with van der Waals surface area (Å²) < 4.78 is 1.31. The monoisotopic (exact) mass is 369 g/mol. The van der Waals surface area contributed by atoms with E-state index in [1.54, 1.807) is 0 Å². The van der Waals surface area contributed by atoms with E-state index in [1.807, 2.05) is 11.3 Å². The SMILES string of the molecule is Ic1ccc(C2(NCc3cccs3)CCC2)cc1. The molecule has 18 heavy (non-hydrogen) atoms. The first kappa shape index (κ1) is 12.6. The molecule has 1 N–H and O–H groups in total. The van der Waals surface area contributed by atoms with Gasteiger partial charge in [0.05, 0.1) is 0 Å². The smallest absolute Gasteiger partial charge is 0.0437 e. The van der Waals surface area contributed by atoms with Crippen molar-refractivity contribution < 1.29 is 0 Å². The zero-order valence-electron chi connectivity index (χ0n) is 10.2. The maximum Gasteiger partial charge on any atom is 0.0437 e. The summed E-state index contributed by atoms with van der Waals surface area (Å²) in [5.41, 5.74) is 1.68. The molecular formula is C15H16INS. The number of halogens is 1. The lowest BCUT2D eigenvalue weighted by atomic mass is 9.72. The third kappa shape index (κ3) is 2.49. The molecule has 0 saturated heterocycles. The lowest BCUT2D eigenvalue weighted by molar-refractivity contribution is 0.184. The van der Waals surface area contributed by atoms with E-state index < -0.39 is 0 Å². The van der Waals surface area contributed by atoms with Gasteiger partial charge in [-0.3, -0.25) is 0 Å². The molecular weight excluding hydrogens is 353 g/mol. The van der Waals surface area contributed by atoms with Gasteiger partial charge in [0.25, 0.3) is 0 Å². The number of thiophene rings is 1. The molecule has 0 amide bonds. The molecule has 0 unspecified atom stereocenters. The largest absolute Gasteiger partial charge is 0.302 e. The van der Waals surface area contributed by atoms with Gasteiger partial charge in [-0.1, -0.05) is 18.2 Å². The van der Waals surface area contributed by atoms with Crippen LogP contribution in [0.2, 0.25) is 0 Å². The van der Waals surface area contributed by atoms with E-state index in [1.165, 1.54) is 33.3 Å². The fourth-order valence-electron chi connectivity index (χ4n) is 2.54. The van der Waals surface area contributed by atoms with Crippen molar-refractivity contribution in [1.82, 2.24) is 5.32 Å². The minimum absolute atomic E-state index is 0.230. The average molecular weight is 369 g/mol. The highest BCUT2D eigenvalue weighted by molar-refractivity contribution is 14.1. The first-order valence-electron chi connectivity index (χ1n) is 6.32. The lowest BCUT2D eigenvalue weighted by Crippen LogP contribution is -2.47. The highest BCUT2D eigenvalue weighted by atomic mass is 127. The summed E-state index contributed by atoms with van der Waals surface area (Å²) in [6.45, 7) is 0.990. The standard InChI is InChI=1S/C15H16INS/c16-13-6-4-12(5-7-13)15(8-2-9-15)17-11-14-3-1-10-18-14/h1,3-7,10,17H,2,8-9,11H2. The van der Waals surface area contributed by atoms with Crippen LogP contribution in [0.3, 0.4) is 0 Å². The van der Waals surface area contributed by atoms with E-state index in [0.29, 0.717) is 0 Å². The second-order valence-corrected chi connectivity index (χ2v) is 7.15. The summed E-state index contributed by atoms with van der Waals surface area (Å²) in [4.78, 5) is 1.42. The Hall–Kier alpha value is -0.390. The van der Waals surface area contributed by atoms with E-state index in [-0.39, 0.29) is 5.54 Å². The third-order valence-corrected chi connectivity index (χ3v) is 5.38. The van der Waals surface area contributed by atoms with Gasteiger partial charge in [-0.25, -0.2) is 0 Å². The van der Waals surface area contributed by atoms with Gasteiger partial charge in [0, 0.05) is 20.5 Å². The first-order valence-corrected chi connectivity index (χ1v) is 8.28. The second-order valence-electron chi connectivity index (χ2n) is 4.88. The van der Waals surface area contributed by atoms with Crippen LogP contribution in [0, 0.1) is 3.57 Å². The Morgan fingerprint density at radius 3 is 2.50 bits per heavy atom. The zero-order chi connectivity index (χ0) is 12.4. The molecule has 1 aliphatic carbocycles. The van der Waals surface area contributed by atoms with Crippen molar-refractivity contribution in [1.29, 1.82) is 0 Å². The van der Waals surface area contributed by atoms with Gasteiger partial charge < -0.3 is 5.32 Å². The fraction of sp³-hybridized carbons (Fsp3) is 0.333. The molecule has 0 radical (unpaired) electrons. The Kier molecular flexibility index (Phi) is 3.73. The summed E-state index contributed by atoms with van der Waals surface area (Å²) in [6.07, 6.45) is 3.86. The van der Waals surface area contributed by atoms with E-state index >= 15 is 0 Å². The maximum absolute atomic E-state index is 3.78. The van der Waals surface area contributed by atoms with Crippen LogP contribution >= 0.6 is 33.9 Å². The molecule has 0 spiro atoms. The lowest BCUT2D eigenvalue weighted by Gasteiger charge is -2.43. The maximum atomic E-state index is 3.78. The number of rotatable bonds is 4. The number of nitrogens with one attached hydrogen (secondary N) is 1. The first-order chi connectivity index (χ1) is 8.78. The zero-order valence-corrected chi connectivity index (χ0v) is 13.1. The van der Waals surface area contributed by atoms with Gasteiger partial charge in [0.2, 0.25) is 0 Å². The van der Waals surface area contributed by atoms with E-state index in [4.69, 9.17) is 0 Å². The Labute approximate surface area is 126 Å². The van der Waals surface area contributed by atoms with E-state index in [2.05, 4.69) is 69.7 Å². The van der Waals surface area contributed by atoms with Crippen LogP contribution < -0.4 is 5.32 Å². The molecule has 0 bridgehead atoms. The van der Waals surface area contributed by atoms with Crippen molar-refractivity contribution in [3.8, 4) is 0 Å². The number of benzene rings is 1. The predicted octanol–water partition coefficient (Wildman–Crippen LogP) is 4.52. The van der Waals surface area contributed by atoms with Crippen molar-refractivity contribution >= 4 is 33.9 Å². The third-order valence-electron chi connectivity index (χ3n) is 3.79. The van der Waals surface area contributed by atoms with Crippen LogP contribution in [0.25, 0.3) is 0 Å². The fourth-order valence-corrected chi connectivity index (χ4v) is 3.54. The van der Waals surface area contributed by atoms with Gasteiger partial charge in [0.15, 0.2) is 0 Å². The molecule has 3 rings (SSSR count). The van der Waals surface area contributed by atoms with Gasteiger partial charge in [0.1, 0.15) is 0 Å². The van der Waals surface area contributed by atoms with Crippen LogP contribution in [0.5, 0.6) is 0 Å². The molecule has 1 nitrogen and oxygen atoms in total. The van der Waals surface area contributed by atoms with Crippen molar-refractivity contribution in [2.45, 2.75) is 31.3 Å². The summed E-state index contributed by atoms with van der Waals surface area (Å²) in [5, 5.41) is 5.93. The molecule has 1 aromatic carbocycles. The second kappa shape index (κ2) is 5.31. The number of hydrogen-bond acceptors (Lipinski definition) is 2. The molecule has 3 heteroatoms. The summed E-state index contributed by atoms with van der Waals surface area (Å²) in [6, 6.07) is 13.3. The van der Waals surface area contributed by atoms with Crippen LogP contribution in [0.4, 0.5) is 0 Å². The molecule has 0 aliphatic heterocycles.